The van der Waals surface area contributed by atoms with E-state index in [0.717, 1.165) is 53.2 Å². The standard InChI is InChI=1S/C30H28ClN5O2/c1-19-26(15-23(31)17-33-19)29(37)34-24-9-6-20(7-10-24)18-35-27-4-2-3-5-28(27)36(30(35)38)25-11-8-21-12-13-32-16-22(21)14-25/h2-5,8,11-17,20,24H,6-7,9-10,18H2,1H3,(H,34,37)/t20-,24-. The maximum Gasteiger partial charge on any atom is 0.333 e. The minimum absolute atomic E-state index is 0.0335. The van der Waals surface area contributed by atoms with Gasteiger partial charge in [-0.05, 0) is 80.3 Å². The summed E-state index contributed by atoms with van der Waals surface area (Å²) in [4.78, 5) is 35.0. The van der Waals surface area contributed by atoms with Crippen molar-refractivity contribution in [2.24, 2.45) is 5.92 Å². The number of fused-ring (bicyclic) bond motifs is 2. The third-order valence-electron chi connectivity index (χ3n) is 7.64. The van der Waals surface area contributed by atoms with Crippen LogP contribution in [0.4, 0.5) is 0 Å². The Morgan fingerprint density at radius 2 is 1.79 bits per heavy atom. The zero-order valence-corrected chi connectivity index (χ0v) is 21.9. The van der Waals surface area contributed by atoms with Crippen LogP contribution in [0.1, 0.15) is 41.7 Å². The van der Waals surface area contributed by atoms with Crippen LogP contribution in [-0.2, 0) is 6.54 Å². The van der Waals surface area contributed by atoms with E-state index in [1.165, 1.54) is 0 Å². The number of rotatable bonds is 5. The van der Waals surface area contributed by atoms with Gasteiger partial charge in [0.25, 0.3) is 5.91 Å². The molecular formula is C30H28ClN5O2. The van der Waals surface area contributed by atoms with Crippen molar-refractivity contribution in [2.75, 3.05) is 0 Å². The highest BCUT2D eigenvalue weighted by Gasteiger charge is 2.25. The summed E-state index contributed by atoms with van der Waals surface area (Å²) in [6.07, 6.45) is 8.76. The maximum absolute atomic E-state index is 13.8. The maximum atomic E-state index is 13.8. The zero-order valence-electron chi connectivity index (χ0n) is 21.1. The third-order valence-corrected chi connectivity index (χ3v) is 7.85. The first-order valence-corrected chi connectivity index (χ1v) is 13.3. The first-order chi connectivity index (χ1) is 18.5. The number of amides is 1. The highest BCUT2D eigenvalue weighted by molar-refractivity contribution is 6.30. The number of benzene rings is 2. The molecule has 0 spiro atoms. The second kappa shape index (κ2) is 10.1. The van der Waals surface area contributed by atoms with Crippen molar-refractivity contribution < 1.29 is 4.79 Å². The Kier molecular flexibility index (Phi) is 6.45. The van der Waals surface area contributed by atoms with E-state index in [4.69, 9.17) is 11.6 Å². The highest BCUT2D eigenvalue weighted by atomic mass is 35.5. The fourth-order valence-corrected chi connectivity index (χ4v) is 5.75. The number of aromatic nitrogens is 4. The van der Waals surface area contributed by atoms with Crippen molar-refractivity contribution in [2.45, 2.75) is 45.2 Å². The molecule has 1 N–H and O–H groups in total. The number of nitrogens with one attached hydrogen (secondary N) is 1. The van der Waals surface area contributed by atoms with E-state index in [2.05, 4.69) is 15.3 Å². The van der Waals surface area contributed by atoms with Crippen molar-refractivity contribution >= 4 is 39.3 Å². The van der Waals surface area contributed by atoms with Gasteiger partial charge in [-0.3, -0.25) is 23.9 Å². The van der Waals surface area contributed by atoms with Crippen LogP contribution in [0.2, 0.25) is 5.02 Å². The smallest absolute Gasteiger partial charge is 0.333 e. The molecule has 1 saturated carbocycles. The minimum atomic E-state index is -0.133. The summed E-state index contributed by atoms with van der Waals surface area (Å²) in [7, 11) is 0. The lowest BCUT2D eigenvalue weighted by atomic mass is 9.85. The molecule has 7 nitrogen and oxygen atoms in total. The van der Waals surface area contributed by atoms with Gasteiger partial charge in [-0.2, -0.15) is 0 Å². The number of halogens is 1. The Morgan fingerprint density at radius 1 is 1.00 bits per heavy atom. The predicted octanol–water partition coefficient (Wildman–Crippen LogP) is 5.69. The molecule has 3 heterocycles. The summed E-state index contributed by atoms with van der Waals surface area (Å²) < 4.78 is 3.71. The fourth-order valence-electron chi connectivity index (χ4n) is 5.59. The second-order valence-corrected chi connectivity index (χ2v) is 10.5. The summed E-state index contributed by atoms with van der Waals surface area (Å²) in [5.74, 6) is 0.223. The number of carbonyl (C=O) groups is 1. The molecule has 8 heteroatoms. The number of hydrogen-bond acceptors (Lipinski definition) is 4. The molecule has 192 valence electrons. The highest BCUT2D eigenvalue weighted by Crippen LogP contribution is 2.28. The fraction of sp³-hybridized carbons (Fsp3) is 0.267. The summed E-state index contributed by atoms with van der Waals surface area (Å²) in [6.45, 7) is 2.46. The zero-order chi connectivity index (χ0) is 26.2. The van der Waals surface area contributed by atoms with Gasteiger partial charge in [0.05, 0.1) is 33.0 Å². The Balaban J connectivity index is 1.21. The van der Waals surface area contributed by atoms with Crippen LogP contribution >= 0.6 is 11.6 Å². The molecule has 0 bridgehead atoms. The molecule has 0 atom stereocenters. The number of hydrogen-bond donors (Lipinski definition) is 1. The Morgan fingerprint density at radius 3 is 2.61 bits per heavy atom. The van der Waals surface area contributed by atoms with Gasteiger partial charge in [-0.25, -0.2) is 4.79 Å². The monoisotopic (exact) mass is 525 g/mol. The van der Waals surface area contributed by atoms with E-state index in [1.807, 2.05) is 66.2 Å². The van der Waals surface area contributed by atoms with Crippen LogP contribution in [0.5, 0.6) is 0 Å². The molecule has 0 unspecified atom stereocenters. The van der Waals surface area contributed by atoms with Gasteiger partial charge in [-0.15, -0.1) is 0 Å². The van der Waals surface area contributed by atoms with Gasteiger partial charge in [0.1, 0.15) is 0 Å². The van der Waals surface area contributed by atoms with Crippen LogP contribution in [0.3, 0.4) is 0 Å². The molecule has 1 fully saturated rings. The number of nitrogens with zero attached hydrogens (tertiary/aromatic N) is 4. The normalized spacial score (nSPS) is 17.6. The van der Waals surface area contributed by atoms with Crippen molar-refractivity contribution in [1.29, 1.82) is 0 Å². The first kappa shape index (κ1) is 24.4. The van der Waals surface area contributed by atoms with E-state index in [0.29, 0.717) is 28.7 Å². The molecule has 38 heavy (non-hydrogen) atoms. The molecule has 3 aromatic heterocycles. The van der Waals surface area contributed by atoms with E-state index in [9.17, 15) is 9.59 Å². The Hall–Kier alpha value is -3.97. The first-order valence-electron chi connectivity index (χ1n) is 13.0. The van der Waals surface area contributed by atoms with E-state index in [1.54, 1.807) is 23.0 Å². The average molecular weight is 526 g/mol. The average Bonchev–Trinajstić information content (AvgIpc) is 3.21. The van der Waals surface area contributed by atoms with Crippen LogP contribution in [0, 0.1) is 12.8 Å². The molecule has 1 amide bonds. The van der Waals surface area contributed by atoms with Crippen molar-refractivity contribution in [3.05, 3.63) is 100.0 Å². The van der Waals surface area contributed by atoms with Crippen LogP contribution < -0.4 is 11.0 Å². The summed E-state index contributed by atoms with van der Waals surface area (Å²) in [6, 6.07) is 17.7. The van der Waals surface area contributed by atoms with Gasteiger partial charge in [0.15, 0.2) is 0 Å². The molecule has 5 aromatic rings. The summed E-state index contributed by atoms with van der Waals surface area (Å²) in [5.41, 5.74) is 3.81. The topological polar surface area (TPSA) is 81.8 Å². The largest absolute Gasteiger partial charge is 0.349 e. The van der Waals surface area contributed by atoms with E-state index in [-0.39, 0.29) is 17.6 Å². The summed E-state index contributed by atoms with van der Waals surface area (Å²) >= 11 is 6.05. The second-order valence-electron chi connectivity index (χ2n) is 10.1. The molecule has 2 aromatic carbocycles. The third kappa shape index (κ3) is 4.58. The molecule has 1 aliphatic rings. The molecule has 0 radical (unpaired) electrons. The van der Waals surface area contributed by atoms with Gasteiger partial charge >= 0.3 is 5.69 Å². The van der Waals surface area contributed by atoms with Crippen molar-refractivity contribution in [3.8, 4) is 5.69 Å². The predicted molar refractivity (Wildman–Crippen MR) is 150 cm³/mol. The van der Waals surface area contributed by atoms with Crippen molar-refractivity contribution in [1.82, 2.24) is 24.4 Å². The number of para-hydroxylation sites is 2. The van der Waals surface area contributed by atoms with Crippen LogP contribution in [0.15, 0.2) is 78.0 Å². The SMILES string of the molecule is Cc1ncc(Cl)cc1C(=O)N[C@H]1CC[C@H](Cn2c(=O)n(-c3ccc4ccncc4c3)c3ccccc32)CC1. The molecular weight excluding hydrogens is 498 g/mol. The van der Waals surface area contributed by atoms with Crippen molar-refractivity contribution in [3.63, 3.8) is 0 Å². The number of aryl methyl sites for hydroxylation is 1. The Labute approximate surface area is 225 Å². The molecule has 1 aliphatic carbocycles. The number of imidazole rings is 1. The lowest BCUT2D eigenvalue weighted by Gasteiger charge is -2.29. The molecule has 6 rings (SSSR count). The van der Waals surface area contributed by atoms with Gasteiger partial charge < -0.3 is 5.32 Å². The Bertz CT molecular complexity index is 1720. The summed E-state index contributed by atoms with van der Waals surface area (Å²) in [5, 5.41) is 5.69. The lowest BCUT2D eigenvalue weighted by Crippen LogP contribution is -2.39. The van der Waals surface area contributed by atoms with Crippen LogP contribution in [0.25, 0.3) is 27.5 Å². The quantitative estimate of drug-likeness (QED) is 0.320. The van der Waals surface area contributed by atoms with Gasteiger partial charge in [0, 0.05) is 36.6 Å². The lowest BCUT2D eigenvalue weighted by molar-refractivity contribution is 0.0919. The van der Waals surface area contributed by atoms with E-state index < -0.39 is 0 Å². The number of carbonyl (C=O) groups excluding carboxylic acids is 1. The molecule has 0 saturated heterocycles. The van der Waals surface area contributed by atoms with Crippen LogP contribution in [-0.4, -0.2) is 31.1 Å². The van der Waals surface area contributed by atoms with Gasteiger partial charge in [0.2, 0.25) is 0 Å². The minimum Gasteiger partial charge on any atom is -0.349 e. The van der Waals surface area contributed by atoms with Gasteiger partial charge in [-0.1, -0.05) is 29.8 Å². The molecule has 0 aliphatic heterocycles. The van der Waals surface area contributed by atoms with E-state index >= 15 is 0 Å². The number of pyridine rings is 2.